The van der Waals surface area contributed by atoms with Crippen LogP contribution in [0.5, 0.6) is 5.75 Å². The summed E-state index contributed by atoms with van der Waals surface area (Å²) in [4.78, 5) is 0. The van der Waals surface area contributed by atoms with E-state index >= 15 is 0 Å². The lowest BCUT2D eigenvalue weighted by molar-refractivity contribution is 0.315. The molecule has 0 saturated carbocycles. The monoisotopic (exact) mass is 233 g/mol. The summed E-state index contributed by atoms with van der Waals surface area (Å²) in [7, 11) is 0. The van der Waals surface area contributed by atoms with E-state index in [0.29, 0.717) is 22.4 Å². The Balaban J connectivity index is 2.42. The Hall–Kier alpha value is -0.440. The number of hydrogen-bond donors (Lipinski definition) is 1. The summed E-state index contributed by atoms with van der Waals surface area (Å²) in [6.07, 6.45) is 0. The Morgan fingerprint density at radius 1 is 1.36 bits per heavy atom. The number of rotatable bonds is 5. The predicted octanol–water partition coefficient (Wildman–Crippen LogP) is 2.98. The van der Waals surface area contributed by atoms with Gasteiger partial charge in [-0.05, 0) is 24.7 Å². The van der Waals surface area contributed by atoms with Crippen LogP contribution >= 0.6 is 23.2 Å². The van der Waals surface area contributed by atoms with E-state index < -0.39 is 0 Å². The SMILES string of the molecule is CCNCCOc1ccc(Cl)cc1Cl. The highest BCUT2D eigenvalue weighted by Crippen LogP contribution is 2.27. The lowest BCUT2D eigenvalue weighted by Gasteiger charge is -2.08. The van der Waals surface area contributed by atoms with Gasteiger partial charge in [0.15, 0.2) is 0 Å². The molecule has 0 spiro atoms. The van der Waals surface area contributed by atoms with E-state index in [0.717, 1.165) is 13.1 Å². The summed E-state index contributed by atoms with van der Waals surface area (Å²) < 4.78 is 5.44. The molecule has 2 nitrogen and oxygen atoms in total. The standard InChI is InChI=1S/C10H13Cl2NO/c1-2-13-5-6-14-10-4-3-8(11)7-9(10)12/h3-4,7,13H,2,5-6H2,1H3. The maximum Gasteiger partial charge on any atom is 0.138 e. The smallest absolute Gasteiger partial charge is 0.138 e. The molecule has 78 valence electrons. The molecule has 1 aromatic carbocycles. The number of hydrogen-bond acceptors (Lipinski definition) is 2. The van der Waals surface area contributed by atoms with Crippen LogP contribution in [0.15, 0.2) is 18.2 Å². The minimum Gasteiger partial charge on any atom is -0.491 e. The first-order valence-corrected chi connectivity index (χ1v) is 5.28. The molecule has 0 heterocycles. The summed E-state index contributed by atoms with van der Waals surface area (Å²) in [5.41, 5.74) is 0. The van der Waals surface area contributed by atoms with Gasteiger partial charge in [-0.3, -0.25) is 0 Å². The third-order valence-corrected chi connectivity index (χ3v) is 2.21. The molecule has 14 heavy (non-hydrogen) atoms. The molecule has 1 rings (SSSR count). The third-order valence-electron chi connectivity index (χ3n) is 1.68. The van der Waals surface area contributed by atoms with Gasteiger partial charge in [0, 0.05) is 11.6 Å². The van der Waals surface area contributed by atoms with Crippen LogP contribution in [0.25, 0.3) is 0 Å². The van der Waals surface area contributed by atoms with E-state index in [1.807, 2.05) is 0 Å². The van der Waals surface area contributed by atoms with E-state index in [-0.39, 0.29) is 0 Å². The summed E-state index contributed by atoms with van der Waals surface area (Å²) >= 11 is 11.7. The van der Waals surface area contributed by atoms with Crippen molar-refractivity contribution in [2.45, 2.75) is 6.92 Å². The van der Waals surface area contributed by atoms with Crippen LogP contribution < -0.4 is 10.1 Å². The quantitative estimate of drug-likeness (QED) is 0.791. The molecule has 1 aromatic rings. The van der Waals surface area contributed by atoms with Crippen LogP contribution in [0.2, 0.25) is 10.0 Å². The second kappa shape index (κ2) is 6.12. The molecule has 0 aliphatic rings. The Morgan fingerprint density at radius 2 is 2.14 bits per heavy atom. The van der Waals surface area contributed by atoms with Gasteiger partial charge in [-0.1, -0.05) is 30.1 Å². The first kappa shape index (κ1) is 11.6. The van der Waals surface area contributed by atoms with Gasteiger partial charge in [0.05, 0.1) is 5.02 Å². The second-order valence-electron chi connectivity index (χ2n) is 2.78. The van der Waals surface area contributed by atoms with Crippen molar-refractivity contribution in [1.82, 2.24) is 5.32 Å². The van der Waals surface area contributed by atoms with Gasteiger partial charge in [-0.15, -0.1) is 0 Å². The van der Waals surface area contributed by atoms with Crippen molar-refractivity contribution in [1.29, 1.82) is 0 Å². The van der Waals surface area contributed by atoms with Gasteiger partial charge in [0.2, 0.25) is 0 Å². The molecule has 1 N–H and O–H groups in total. The largest absolute Gasteiger partial charge is 0.491 e. The fourth-order valence-electron chi connectivity index (χ4n) is 1.00. The number of nitrogens with one attached hydrogen (secondary N) is 1. The molecule has 0 aliphatic heterocycles. The maximum absolute atomic E-state index is 5.91. The van der Waals surface area contributed by atoms with Crippen LogP contribution in [0.4, 0.5) is 0 Å². The number of benzene rings is 1. The first-order valence-electron chi connectivity index (χ1n) is 4.52. The van der Waals surface area contributed by atoms with Crippen LogP contribution in [0, 0.1) is 0 Å². The number of halogens is 2. The lowest BCUT2D eigenvalue weighted by Crippen LogP contribution is -2.20. The molecule has 0 aromatic heterocycles. The predicted molar refractivity (Wildman–Crippen MR) is 60.5 cm³/mol. The highest BCUT2D eigenvalue weighted by molar-refractivity contribution is 6.35. The van der Waals surface area contributed by atoms with Gasteiger partial charge in [0.1, 0.15) is 12.4 Å². The molecular formula is C10H13Cl2NO. The number of likely N-dealkylation sites (N-methyl/N-ethyl adjacent to an activating group) is 1. The van der Waals surface area contributed by atoms with Crippen molar-refractivity contribution in [2.24, 2.45) is 0 Å². The lowest BCUT2D eigenvalue weighted by atomic mass is 10.3. The fourth-order valence-corrected chi connectivity index (χ4v) is 1.47. The fraction of sp³-hybridized carbons (Fsp3) is 0.400. The zero-order valence-electron chi connectivity index (χ0n) is 8.02. The molecule has 0 saturated heterocycles. The van der Waals surface area contributed by atoms with E-state index in [4.69, 9.17) is 27.9 Å². The van der Waals surface area contributed by atoms with Crippen LogP contribution in [0.1, 0.15) is 6.92 Å². The number of ether oxygens (including phenoxy) is 1. The average Bonchev–Trinajstić information content (AvgIpc) is 2.15. The summed E-state index contributed by atoms with van der Waals surface area (Å²) in [6.45, 7) is 4.41. The van der Waals surface area contributed by atoms with Crippen molar-refractivity contribution < 1.29 is 4.74 Å². The molecule has 0 atom stereocenters. The topological polar surface area (TPSA) is 21.3 Å². The molecule has 0 aliphatic carbocycles. The second-order valence-corrected chi connectivity index (χ2v) is 3.62. The van der Waals surface area contributed by atoms with Gasteiger partial charge in [0.25, 0.3) is 0 Å². The van der Waals surface area contributed by atoms with Crippen LogP contribution in [-0.2, 0) is 0 Å². The van der Waals surface area contributed by atoms with Crippen molar-refractivity contribution in [3.63, 3.8) is 0 Å². The maximum atomic E-state index is 5.91. The zero-order valence-corrected chi connectivity index (χ0v) is 9.53. The summed E-state index contributed by atoms with van der Waals surface area (Å²) in [6, 6.07) is 5.21. The van der Waals surface area contributed by atoms with Crippen LogP contribution in [0.3, 0.4) is 0 Å². The average molecular weight is 234 g/mol. The molecule has 0 fully saturated rings. The zero-order chi connectivity index (χ0) is 10.4. The third kappa shape index (κ3) is 3.74. The van der Waals surface area contributed by atoms with Crippen molar-refractivity contribution in [2.75, 3.05) is 19.7 Å². The summed E-state index contributed by atoms with van der Waals surface area (Å²) in [5, 5.41) is 4.32. The van der Waals surface area contributed by atoms with E-state index in [9.17, 15) is 0 Å². The van der Waals surface area contributed by atoms with Crippen molar-refractivity contribution in [3.05, 3.63) is 28.2 Å². The molecule has 0 bridgehead atoms. The van der Waals surface area contributed by atoms with Gasteiger partial charge in [-0.2, -0.15) is 0 Å². The van der Waals surface area contributed by atoms with E-state index in [1.54, 1.807) is 18.2 Å². The normalized spacial score (nSPS) is 10.2. The van der Waals surface area contributed by atoms with Crippen LogP contribution in [-0.4, -0.2) is 19.7 Å². The molecule has 0 radical (unpaired) electrons. The van der Waals surface area contributed by atoms with Crippen molar-refractivity contribution >= 4 is 23.2 Å². The molecule has 4 heteroatoms. The summed E-state index contributed by atoms with van der Waals surface area (Å²) in [5.74, 6) is 0.675. The van der Waals surface area contributed by atoms with E-state index in [2.05, 4.69) is 12.2 Å². The van der Waals surface area contributed by atoms with Gasteiger partial charge in [-0.25, -0.2) is 0 Å². The minimum absolute atomic E-state index is 0.550. The first-order chi connectivity index (χ1) is 6.74. The Kier molecular flexibility index (Phi) is 5.09. The molecule has 0 unspecified atom stereocenters. The van der Waals surface area contributed by atoms with E-state index in [1.165, 1.54) is 0 Å². The molecular weight excluding hydrogens is 221 g/mol. The van der Waals surface area contributed by atoms with Gasteiger partial charge >= 0.3 is 0 Å². The minimum atomic E-state index is 0.550. The highest BCUT2D eigenvalue weighted by atomic mass is 35.5. The van der Waals surface area contributed by atoms with Crippen molar-refractivity contribution in [3.8, 4) is 5.75 Å². The molecule has 0 amide bonds. The Morgan fingerprint density at radius 3 is 2.79 bits per heavy atom. The highest BCUT2D eigenvalue weighted by Gasteiger charge is 2.01. The van der Waals surface area contributed by atoms with Gasteiger partial charge < -0.3 is 10.1 Å². The Labute approximate surface area is 94.2 Å². The Bertz CT molecular complexity index is 291.